The summed E-state index contributed by atoms with van der Waals surface area (Å²) in [5.74, 6) is 0.0234. The molecule has 0 bridgehead atoms. The maximum Gasteiger partial charge on any atom is 0.233 e. The minimum atomic E-state index is -0.304. The average molecular weight is 445 g/mol. The molecule has 4 rings (SSSR count). The first-order valence-electron chi connectivity index (χ1n) is 10.4. The monoisotopic (exact) mass is 444 g/mol. The van der Waals surface area contributed by atoms with E-state index in [-0.39, 0.29) is 48.4 Å². The Morgan fingerprint density at radius 2 is 1.90 bits per heavy atom. The largest absolute Gasteiger partial charge is 0.458 e. The number of furan rings is 1. The van der Waals surface area contributed by atoms with Crippen molar-refractivity contribution in [3.63, 3.8) is 0 Å². The highest BCUT2D eigenvalue weighted by atomic mass is 32.1. The number of carbonyl (C=O) groups is 4. The van der Waals surface area contributed by atoms with Crippen LogP contribution in [0.5, 0.6) is 0 Å². The summed E-state index contributed by atoms with van der Waals surface area (Å²) < 4.78 is 5.66. The van der Waals surface area contributed by atoms with E-state index >= 15 is 0 Å². The lowest BCUT2D eigenvalue weighted by atomic mass is 9.81. The Morgan fingerprint density at radius 1 is 1.19 bits per heavy atom. The Morgan fingerprint density at radius 3 is 2.58 bits per heavy atom. The molecule has 0 radical (unpaired) electrons. The van der Waals surface area contributed by atoms with Crippen molar-refractivity contribution in [1.29, 1.82) is 0 Å². The van der Waals surface area contributed by atoms with Crippen molar-refractivity contribution in [3.05, 3.63) is 23.3 Å². The van der Waals surface area contributed by atoms with Gasteiger partial charge in [0.2, 0.25) is 23.6 Å². The number of nitrogens with one attached hydrogen (secondary N) is 2. The maximum atomic E-state index is 12.5. The van der Waals surface area contributed by atoms with Crippen molar-refractivity contribution < 1.29 is 23.6 Å². The van der Waals surface area contributed by atoms with Gasteiger partial charge in [0, 0.05) is 25.3 Å². The van der Waals surface area contributed by atoms with Crippen molar-refractivity contribution in [2.24, 2.45) is 11.8 Å². The molecule has 0 unspecified atom stereocenters. The fourth-order valence-corrected chi connectivity index (χ4v) is 4.83. The zero-order valence-corrected chi connectivity index (χ0v) is 18.0. The molecule has 31 heavy (non-hydrogen) atoms. The number of imide groups is 1. The molecule has 1 saturated carbocycles. The number of aromatic nitrogens is 1. The van der Waals surface area contributed by atoms with Gasteiger partial charge in [0.25, 0.3) is 0 Å². The third kappa shape index (κ3) is 4.68. The van der Waals surface area contributed by atoms with Crippen LogP contribution in [0.15, 0.2) is 21.9 Å². The molecular weight excluding hydrogens is 420 g/mol. The van der Waals surface area contributed by atoms with E-state index in [2.05, 4.69) is 15.6 Å². The van der Waals surface area contributed by atoms with Crippen LogP contribution >= 0.6 is 11.3 Å². The molecule has 0 spiro atoms. The van der Waals surface area contributed by atoms with Crippen LogP contribution in [0.4, 0.5) is 5.13 Å². The fourth-order valence-electron chi connectivity index (χ4n) is 4.11. The topological polar surface area (TPSA) is 122 Å². The number of anilines is 1. The van der Waals surface area contributed by atoms with Gasteiger partial charge in [0.15, 0.2) is 10.9 Å². The first-order chi connectivity index (χ1) is 14.9. The Bertz CT molecular complexity index is 989. The number of nitrogens with zero attached hydrogens (tertiary/aromatic N) is 2. The number of carbonyl (C=O) groups excluding carboxylic acids is 4. The zero-order chi connectivity index (χ0) is 22.0. The third-order valence-corrected chi connectivity index (χ3v) is 6.43. The lowest BCUT2D eigenvalue weighted by Crippen LogP contribution is -2.34. The van der Waals surface area contributed by atoms with E-state index in [9.17, 15) is 19.2 Å². The van der Waals surface area contributed by atoms with Crippen molar-refractivity contribution in [2.75, 3.05) is 11.9 Å². The van der Waals surface area contributed by atoms with E-state index in [1.165, 1.54) is 23.2 Å². The van der Waals surface area contributed by atoms with Gasteiger partial charge in [0.1, 0.15) is 11.5 Å². The average Bonchev–Trinajstić information content (AvgIpc) is 3.45. The van der Waals surface area contributed by atoms with Gasteiger partial charge in [-0.1, -0.05) is 12.8 Å². The second-order valence-corrected chi connectivity index (χ2v) is 8.70. The molecule has 2 aromatic heterocycles. The molecular formula is C21H24N4O5S. The summed E-state index contributed by atoms with van der Waals surface area (Å²) in [4.78, 5) is 53.9. The van der Waals surface area contributed by atoms with Gasteiger partial charge in [0.05, 0.1) is 18.4 Å². The summed E-state index contributed by atoms with van der Waals surface area (Å²) in [5.41, 5.74) is 0.573. The van der Waals surface area contributed by atoms with Crippen LogP contribution in [0.2, 0.25) is 0 Å². The number of hydrogen-bond acceptors (Lipinski definition) is 7. The Kier molecular flexibility index (Phi) is 6.17. The van der Waals surface area contributed by atoms with E-state index in [1.54, 1.807) is 17.5 Å². The van der Waals surface area contributed by atoms with Crippen LogP contribution in [0.3, 0.4) is 0 Å². The number of rotatable bonds is 7. The van der Waals surface area contributed by atoms with Gasteiger partial charge < -0.3 is 15.1 Å². The number of fused-ring (bicyclic) bond motifs is 1. The smallest absolute Gasteiger partial charge is 0.233 e. The second kappa shape index (κ2) is 9.01. The molecule has 2 atom stereocenters. The highest BCUT2D eigenvalue weighted by molar-refractivity contribution is 7.14. The van der Waals surface area contributed by atoms with Gasteiger partial charge >= 0.3 is 0 Å². The molecule has 0 aromatic carbocycles. The summed E-state index contributed by atoms with van der Waals surface area (Å²) >= 11 is 1.26. The zero-order valence-electron chi connectivity index (χ0n) is 17.2. The first-order valence-corrected chi connectivity index (χ1v) is 11.2. The normalized spacial score (nSPS) is 20.6. The molecule has 10 heteroatoms. The molecule has 4 amide bonds. The van der Waals surface area contributed by atoms with Gasteiger partial charge in [-0.15, -0.1) is 11.3 Å². The van der Waals surface area contributed by atoms with E-state index in [1.807, 2.05) is 0 Å². The van der Waals surface area contributed by atoms with Gasteiger partial charge in [-0.25, -0.2) is 4.98 Å². The second-order valence-electron chi connectivity index (χ2n) is 7.84. The first kappa shape index (κ1) is 21.2. The molecule has 2 N–H and O–H groups in total. The summed E-state index contributed by atoms with van der Waals surface area (Å²) in [6.07, 6.45) is 3.52. The van der Waals surface area contributed by atoms with Crippen LogP contribution in [0.25, 0.3) is 11.5 Å². The molecule has 1 saturated heterocycles. The standard InChI is InChI=1S/C21H24N4O5S/c1-12(26)22-10-13-6-7-17(30-13)16-11-31-21(23-16)24-18(27)8-9-25-19(28)14-4-2-3-5-15(14)20(25)29/h6-7,11,14-15H,2-5,8-10H2,1H3,(H,22,26)(H,23,24,27)/t14-,15-/m1/s1. The predicted molar refractivity (Wildman–Crippen MR) is 113 cm³/mol. The molecule has 3 heterocycles. The van der Waals surface area contributed by atoms with Crippen LogP contribution in [0, 0.1) is 11.8 Å². The molecule has 9 nitrogen and oxygen atoms in total. The summed E-state index contributed by atoms with van der Waals surface area (Å²) in [7, 11) is 0. The molecule has 1 aliphatic carbocycles. The lowest BCUT2D eigenvalue weighted by molar-refractivity contribution is -0.140. The molecule has 164 valence electrons. The summed E-state index contributed by atoms with van der Waals surface area (Å²) in [5, 5.41) is 7.54. The minimum absolute atomic E-state index is 0.0352. The quantitative estimate of drug-likeness (QED) is 0.633. The Hall–Kier alpha value is -3.01. The van der Waals surface area contributed by atoms with E-state index in [0.29, 0.717) is 28.9 Å². The molecule has 1 aliphatic heterocycles. The van der Waals surface area contributed by atoms with Crippen molar-refractivity contribution in [2.45, 2.75) is 45.6 Å². The van der Waals surface area contributed by atoms with Gasteiger partial charge in [-0.2, -0.15) is 0 Å². The summed E-state index contributed by atoms with van der Waals surface area (Å²) in [6, 6.07) is 3.51. The van der Waals surface area contributed by atoms with Crippen LogP contribution < -0.4 is 10.6 Å². The molecule has 2 aliphatic rings. The fraction of sp³-hybridized carbons (Fsp3) is 0.476. The predicted octanol–water partition coefficient (Wildman–Crippen LogP) is 2.54. The van der Waals surface area contributed by atoms with E-state index < -0.39 is 0 Å². The minimum Gasteiger partial charge on any atom is -0.458 e. The number of thiazole rings is 1. The lowest BCUT2D eigenvalue weighted by Gasteiger charge is -2.19. The molecule has 2 fully saturated rings. The number of likely N-dealkylation sites (tertiary alicyclic amines) is 1. The Labute approximate surface area is 183 Å². The van der Waals surface area contributed by atoms with E-state index in [0.717, 1.165) is 25.7 Å². The van der Waals surface area contributed by atoms with Gasteiger partial charge in [-0.3, -0.25) is 24.1 Å². The van der Waals surface area contributed by atoms with E-state index in [4.69, 9.17) is 4.42 Å². The molecule has 2 aromatic rings. The van der Waals surface area contributed by atoms with Crippen molar-refractivity contribution in [3.8, 4) is 11.5 Å². The highest BCUT2D eigenvalue weighted by Gasteiger charge is 2.47. The third-order valence-electron chi connectivity index (χ3n) is 5.67. The van der Waals surface area contributed by atoms with Crippen molar-refractivity contribution in [1.82, 2.24) is 15.2 Å². The number of hydrogen-bond donors (Lipinski definition) is 2. The summed E-state index contributed by atoms with van der Waals surface area (Å²) in [6.45, 7) is 1.82. The van der Waals surface area contributed by atoms with Gasteiger partial charge in [-0.05, 0) is 25.0 Å². The van der Waals surface area contributed by atoms with Crippen LogP contribution in [-0.4, -0.2) is 40.1 Å². The maximum absolute atomic E-state index is 12.5. The van der Waals surface area contributed by atoms with Crippen LogP contribution in [-0.2, 0) is 25.7 Å². The Balaban J connectivity index is 1.30. The highest BCUT2D eigenvalue weighted by Crippen LogP contribution is 2.38. The van der Waals surface area contributed by atoms with Crippen molar-refractivity contribution >= 4 is 40.1 Å². The van der Waals surface area contributed by atoms with Crippen LogP contribution in [0.1, 0.15) is 44.8 Å². The SMILES string of the molecule is CC(=O)NCc1ccc(-c2csc(NC(=O)CCN3C(=O)[C@@H]4CCCC[C@H]4C3=O)n2)o1. The number of amides is 4.